The topological polar surface area (TPSA) is 67.3 Å². The van der Waals surface area contributed by atoms with Gasteiger partial charge in [-0.1, -0.05) is 60.0 Å². The molecule has 0 fully saturated rings. The zero-order valence-electron chi connectivity index (χ0n) is 20.0. The summed E-state index contributed by atoms with van der Waals surface area (Å²) in [5.41, 5.74) is 2.96. The minimum Gasteiger partial charge on any atom is -0.457 e. The molecule has 4 rings (SSSR count). The molecule has 2 unspecified atom stereocenters. The van der Waals surface area contributed by atoms with Crippen molar-refractivity contribution in [1.29, 1.82) is 0 Å². The van der Waals surface area contributed by atoms with E-state index in [1.807, 2.05) is 79.9 Å². The average Bonchev–Trinajstić information content (AvgIpc) is 2.89. The van der Waals surface area contributed by atoms with Crippen molar-refractivity contribution in [3.05, 3.63) is 106 Å². The van der Waals surface area contributed by atoms with Gasteiger partial charge in [-0.05, 0) is 83.6 Å². The van der Waals surface area contributed by atoms with Crippen molar-refractivity contribution >= 4 is 45.2 Å². The van der Waals surface area contributed by atoms with Gasteiger partial charge in [-0.25, -0.2) is 9.97 Å². The van der Waals surface area contributed by atoms with Crippen LogP contribution in [0.5, 0.6) is 11.5 Å². The molecule has 0 aliphatic heterocycles. The third kappa shape index (κ3) is 6.86. The Morgan fingerprint density at radius 3 is 2.22 bits per heavy atom. The molecule has 0 bridgehead atoms. The van der Waals surface area contributed by atoms with E-state index >= 15 is 0 Å². The van der Waals surface area contributed by atoms with Crippen LogP contribution in [0.4, 0.5) is 5.82 Å². The number of halogens is 2. The number of nitrogens with one attached hydrogen (secondary N) is 1. The van der Waals surface area contributed by atoms with Gasteiger partial charge < -0.3 is 14.6 Å². The van der Waals surface area contributed by atoms with Crippen molar-refractivity contribution in [2.75, 3.05) is 11.9 Å². The third-order valence-corrected chi connectivity index (χ3v) is 7.59. The van der Waals surface area contributed by atoms with E-state index < -0.39 is 10.8 Å². The minimum absolute atomic E-state index is 0.125. The van der Waals surface area contributed by atoms with Gasteiger partial charge in [0.2, 0.25) is 0 Å². The van der Waals surface area contributed by atoms with Crippen LogP contribution in [0.25, 0.3) is 0 Å². The first kappa shape index (κ1) is 26.2. The maximum atomic E-state index is 11.0. The lowest BCUT2D eigenvalue weighted by atomic mass is 10.0. The summed E-state index contributed by atoms with van der Waals surface area (Å²) in [6, 6.07) is 23.0. The van der Waals surface area contributed by atoms with Crippen LogP contribution in [0.2, 0.25) is 10.0 Å². The van der Waals surface area contributed by atoms with Gasteiger partial charge in [0.15, 0.2) is 0 Å². The fraction of sp³-hybridized carbons (Fsp3) is 0.179. The summed E-state index contributed by atoms with van der Waals surface area (Å²) < 4.78 is 16.9. The molecule has 0 spiro atoms. The van der Waals surface area contributed by atoms with E-state index in [1.165, 1.54) is 6.33 Å². The molecule has 0 saturated heterocycles. The van der Waals surface area contributed by atoms with Crippen molar-refractivity contribution in [2.45, 2.75) is 31.1 Å². The van der Waals surface area contributed by atoms with Crippen molar-refractivity contribution in [1.82, 2.24) is 9.97 Å². The number of hydrogen-bond donors (Lipinski definition) is 2. The third-order valence-electron chi connectivity index (χ3n) is 5.60. The summed E-state index contributed by atoms with van der Waals surface area (Å²) in [5.74, 6) is 1.87. The second-order valence-electron chi connectivity index (χ2n) is 8.21. The molecular weight excluding hydrogens is 513 g/mol. The van der Waals surface area contributed by atoms with E-state index in [4.69, 9.17) is 27.9 Å². The van der Waals surface area contributed by atoms with Crippen LogP contribution in [-0.4, -0.2) is 26.4 Å². The van der Waals surface area contributed by atoms with Gasteiger partial charge in [0.05, 0.1) is 5.69 Å². The summed E-state index contributed by atoms with van der Waals surface area (Å²) in [6.45, 7) is 4.52. The molecule has 2 N–H and O–H groups in total. The van der Waals surface area contributed by atoms with Gasteiger partial charge in [-0.3, -0.25) is 0 Å². The smallest absolute Gasteiger partial charge is 0.148 e. The zero-order chi connectivity index (χ0) is 25.5. The predicted molar refractivity (Wildman–Crippen MR) is 151 cm³/mol. The largest absolute Gasteiger partial charge is 0.457 e. The molecule has 0 saturated carbocycles. The molecule has 8 heteroatoms. The molecule has 4 aromatic rings. The summed E-state index contributed by atoms with van der Waals surface area (Å²) >= 11 is 12.5. The van der Waals surface area contributed by atoms with Crippen molar-refractivity contribution in [2.24, 2.45) is 0 Å². The SMILES string of the molecule is CCc1ncnc(NCC(/C=S(/O)c2ccc(C)cc2)c2ccc(Oc3ccc(Cl)cc3)cc2)c1Cl. The molecule has 0 amide bonds. The molecule has 36 heavy (non-hydrogen) atoms. The van der Waals surface area contributed by atoms with E-state index in [-0.39, 0.29) is 5.92 Å². The van der Waals surface area contributed by atoms with Gasteiger partial charge in [0.25, 0.3) is 0 Å². The molecular formula is C28H27Cl2N3O2S. The van der Waals surface area contributed by atoms with Crippen LogP contribution in [-0.2, 0) is 6.42 Å². The average molecular weight is 541 g/mol. The van der Waals surface area contributed by atoms with E-state index in [0.29, 0.717) is 40.3 Å². The van der Waals surface area contributed by atoms with Crippen LogP contribution in [0.1, 0.15) is 29.7 Å². The molecule has 2 atom stereocenters. The Kier molecular flexibility index (Phi) is 8.99. The Balaban J connectivity index is 1.58. The molecule has 186 valence electrons. The molecule has 0 aliphatic carbocycles. The fourth-order valence-corrected chi connectivity index (χ4v) is 5.12. The lowest BCUT2D eigenvalue weighted by Crippen LogP contribution is -2.15. The quantitative estimate of drug-likeness (QED) is 0.209. The highest BCUT2D eigenvalue weighted by Crippen LogP contribution is 2.30. The summed E-state index contributed by atoms with van der Waals surface area (Å²) in [5, 5.41) is 6.47. The molecule has 0 radical (unpaired) electrons. The van der Waals surface area contributed by atoms with Gasteiger partial charge in [-0.15, -0.1) is 0 Å². The minimum atomic E-state index is -1.06. The summed E-state index contributed by atoms with van der Waals surface area (Å²) in [4.78, 5) is 9.41. The van der Waals surface area contributed by atoms with Crippen molar-refractivity contribution < 1.29 is 9.29 Å². The van der Waals surface area contributed by atoms with E-state index in [2.05, 4.69) is 15.3 Å². The van der Waals surface area contributed by atoms with Crippen LogP contribution in [0.3, 0.4) is 0 Å². The molecule has 1 heterocycles. The number of benzene rings is 3. The maximum Gasteiger partial charge on any atom is 0.148 e. The monoisotopic (exact) mass is 539 g/mol. The van der Waals surface area contributed by atoms with Crippen molar-refractivity contribution in [3.8, 4) is 11.5 Å². The van der Waals surface area contributed by atoms with E-state index in [0.717, 1.165) is 21.7 Å². The number of ether oxygens (including phenoxy) is 1. The standard InChI is InChI=1S/C28H27Cl2N3O2S/c1-3-26-27(30)28(33-18-32-26)31-16-21(17-36(34)25-14-4-19(2)5-15-25)20-6-10-23(11-7-20)35-24-12-8-22(29)9-13-24/h4-15,17-18,21,34H,3,16H2,1-2H3,(H,31,32,33). The highest BCUT2D eigenvalue weighted by molar-refractivity contribution is 8.10. The Labute approximate surface area is 224 Å². The van der Waals surface area contributed by atoms with Gasteiger partial charge >= 0.3 is 0 Å². The first-order valence-corrected chi connectivity index (χ1v) is 13.5. The number of anilines is 1. The second-order valence-corrected chi connectivity index (χ2v) is 10.4. The molecule has 0 aliphatic rings. The normalized spacial score (nSPS) is 12.8. The second kappa shape index (κ2) is 12.4. The first-order valence-electron chi connectivity index (χ1n) is 11.5. The van der Waals surface area contributed by atoms with Crippen LogP contribution >= 0.6 is 34.0 Å². The van der Waals surface area contributed by atoms with Crippen molar-refractivity contribution in [3.63, 3.8) is 0 Å². The van der Waals surface area contributed by atoms with Gasteiger partial charge in [0, 0.05) is 22.4 Å². The van der Waals surface area contributed by atoms with E-state index in [1.54, 1.807) is 12.1 Å². The molecule has 1 aromatic heterocycles. The highest BCUT2D eigenvalue weighted by Gasteiger charge is 2.14. The number of rotatable bonds is 9. The number of aryl methyl sites for hydroxylation is 2. The Hall–Kier alpha value is -2.90. The lowest BCUT2D eigenvalue weighted by Gasteiger charge is -2.18. The van der Waals surface area contributed by atoms with Crippen LogP contribution < -0.4 is 10.1 Å². The van der Waals surface area contributed by atoms with Crippen LogP contribution in [0, 0.1) is 6.92 Å². The maximum absolute atomic E-state index is 11.0. The number of nitrogens with zero attached hydrogens (tertiary/aromatic N) is 2. The zero-order valence-corrected chi connectivity index (χ0v) is 22.3. The lowest BCUT2D eigenvalue weighted by molar-refractivity contribution is 0.482. The Morgan fingerprint density at radius 2 is 1.58 bits per heavy atom. The highest BCUT2D eigenvalue weighted by atomic mass is 35.5. The van der Waals surface area contributed by atoms with Crippen LogP contribution in [0.15, 0.2) is 84.0 Å². The predicted octanol–water partition coefficient (Wildman–Crippen LogP) is 8.25. The first-order chi connectivity index (χ1) is 17.4. The number of aromatic nitrogens is 2. The van der Waals surface area contributed by atoms with E-state index in [9.17, 15) is 4.55 Å². The summed E-state index contributed by atoms with van der Waals surface area (Å²) in [6.07, 6.45) is 2.23. The van der Waals surface area contributed by atoms with Gasteiger partial charge in [-0.2, -0.15) is 0 Å². The van der Waals surface area contributed by atoms with Gasteiger partial charge in [0.1, 0.15) is 28.7 Å². The Morgan fingerprint density at radius 1 is 0.944 bits per heavy atom. The fourth-order valence-electron chi connectivity index (χ4n) is 3.56. The molecule has 5 nitrogen and oxygen atoms in total. The number of hydrogen-bond acceptors (Lipinski definition) is 5. The summed E-state index contributed by atoms with van der Waals surface area (Å²) in [7, 11) is -1.06. The molecule has 3 aromatic carbocycles. The Bertz CT molecular complexity index is 1330.